The van der Waals surface area contributed by atoms with Gasteiger partial charge in [-0.05, 0) is 0 Å². The Kier molecular flexibility index (Phi) is 8.64. The number of anilines is 1. The highest BCUT2D eigenvalue weighted by Gasteiger charge is 2.57. The zero-order valence-corrected chi connectivity index (χ0v) is 23.0. The molecule has 3 atom stereocenters. The molecule has 0 saturated carbocycles. The number of nitrogens with zero attached hydrogens (tertiary/aromatic N) is 4. The van der Waals surface area contributed by atoms with Gasteiger partial charge in [0.15, 0.2) is 13.8 Å². The Morgan fingerprint density at radius 2 is 2.08 bits per heavy atom. The fourth-order valence-electron chi connectivity index (χ4n) is 3.53. The maximum absolute atomic E-state index is 12.8. The molecule has 2 amide bonds. The normalized spacial score (nSPS) is 23.0. The van der Waals surface area contributed by atoms with E-state index in [1.54, 1.807) is 5.38 Å². The minimum Gasteiger partial charge on any atom is -0.481 e. The lowest BCUT2D eigenvalue weighted by molar-refractivity contribution is -0.157. The fourth-order valence-corrected chi connectivity index (χ4v) is 8.86. The maximum atomic E-state index is 12.8. The average molecular weight is 591 g/mol. The first kappa shape index (κ1) is 27.0. The third-order valence-electron chi connectivity index (χ3n) is 5.30. The molecule has 36 heavy (non-hydrogen) atoms. The summed E-state index contributed by atoms with van der Waals surface area (Å²) in [5.41, 5.74) is 4.98. The first-order valence-corrected chi connectivity index (χ1v) is 15.3. The molecular formula is C19H22N6O6S5. The van der Waals surface area contributed by atoms with Crippen LogP contribution in [0, 0.1) is 5.41 Å². The van der Waals surface area contributed by atoms with Crippen molar-refractivity contribution < 1.29 is 29.0 Å². The van der Waals surface area contributed by atoms with Crippen LogP contribution in [0.1, 0.15) is 12.6 Å². The number of thiazole rings is 1. The van der Waals surface area contributed by atoms with Gasteiger partial charge in [0.05, 0.1) is 12.1 Å². The number of carboxylic acid groups (broad SMARTS) is 1. The lowest BCUT2D eigenvalue weighted by Crippen LogP contribution is -2.74. The summed E-state index contributed by atoms with van der Waals surface area (Å²) in [6.07, 6.45) is 0.0243. The number of fused-ring (bicyclic) bond motifs is 1. The number of rotatable bonds is 11. The Hall–Kier alpha value is -2.08. The molecule has 2 aromatic heterocycles. The van der Waals surface area contributed by atoms with Crippen molar-refractivity contribution in [3.8, 4) is 0 Å². The smallest absolute Gasteiger partial charge is 0.313 e. The zero-order chi connectivity index (χ0) is 25.9. The fraction of sp³-hybridized carbons (Fsp3) is 0.526. The first-order chi connectivity index (χ1) is 17.2. The van der Waals surface area contributed by atoms with Gasteiger partial charge >= 0.3 is 11.9 Å². The summed E-state index contributed by atoms with van der Waals surface area (Å²) in [6, 6.07) is -0.687. The predicted molar refractivity (Wildman–Crippen MR) is 138 cm³/mol. The summed E-state index contributed by atoms with van der Waals surface area (Å²) in [5.74, 6) is -0.891. The molecule has 4 rings (SSSR count). The van der Waals surface area contributed by atoms with Crippen molar-refractivity contribution in [3.05, 3.63) is 11.1 Å². The van der Waals surface area contributed by atoms with Gasteiger partial charge < -0.3 is 25.8 Å². The molecule has 2 saturated heterocycles. The topological polar surface area (TPSA) is 178 Å². The monoisotopic (exact) mass is 590 g/mol. The molecule has 2 fully saturated rings. The van der Waals surface area contributed by atoms with E-state index in [9.17, 15) is 24.3 Å². The summed E-state index contributed by atoms with van der Waals surface area (Å²) in [7, 11) is 0. The van der Waals surface area contributed by atoms with Gasteiger partial charge in [-0.25, -0.2) is 4.98 Å². The third-order valence-corrected chi connectivity index (χ3v) is 11.1. The van der Waals surface area contributed by atoms with Crippen LogP contribution >= 0.6 is 58.0 Å². The van der Waals surface area contributed by atoms with E-state index in [4.69, 9.17) is 10.5 Å². The van der Waals surface area contributed by atoms with Gasteiger partial charge in [0.1, 0.15) is 23.4 Å². The number of hydrogen-bond acceptors (Lipinski definition) is 14. The van der Waals surface area contributed by atoms with Crippen LogP contribution < -0.4 is 11.1 Å². The molecule has 0 aliphatic carbocycles. The summed E-state index contributed by atoms with van der Waals surface area (Å²) < 4.78 is 6.21. The van der Waals surface area contributed by atoms with E-state index in [2.05, 4.69) is 20.5 Å². The molecule has 0 spiro atoms. The van der Waals surface area contributed by atoms with Crippen molar-refractivity contribution in [2.75, 3.05) is 36.1 Å². The maximum Gasteiger partial charge on any atom is 0.313 e. The Morgan fingerprint density at radius 3 is 2.75 bits per heavy atom. The minimum absolute atomic E-state index is 0.0243. The second-order valence-corrected chi connectivity index (χ2v) is 13.5. The Bertz CT molecular complexity index is 1160. The number of nitrogens with one attached hydrogen (secondary N) is 1. The number of amides is 2. The highest BCUT2D eigenvalue weighted by molar-refractivity contribution is 8.03. The molecule has 4 heterocycles. The highest BCUT2D eigenvalue weighted by atomic mass is 32.2. The van der Waals surface area contributed by atoms with E-state index in [-0.39, 0.29) is 48.5 Å². The van der Waals surface area contributed by atoms with Crippen LogP contribution in [-0.2, 0) is 30.3 Å². The number of carbonyl (C=O) groups excluding carboxylic acids is 3. The van der Waals surface area contributed by atoms with Crippen molar-refractivity contribution >= 4 is 86.8 Å². The lowest BCUT2D eigenvalue weighted by atomic mass is 9.89. The molecule has 2 aromatic rings. The molecule has 0 aromatic carbocycles. The van der Waals surface area contributed by atoms with Crippen molar-refractivity contribution in [2.45, 2.75) is 33.4 Å². The number of aliphatic carboxylic acids is 1. The number of nitrogen functional groups attached to an aromatic ring is 1. The Morgan fingerprint density at radius 1 is 1.33 bits per heavy atom. The second-order valence-electron chi connectivity index (χ2n) is 7.96. The third kappa shape index (κ3) is 6.24. The van der Waals surface area contributed by atoms with Gasteiger partial charge in [-0.1, -0.05) is 34.9 Å². The Balaban J connectivity index is 1.29. The molecule has 17 heteroatoms. The average Bonchev–Trinajstić information content (AvgIpc) is 3.46. The molecule has 12 nitrogen and oxygen atoms in total. The first-order valence-electron chi connectivity index (χ1n) is 10.5. The van der Waals surface area contributed by atoms with Crippen LogP contribution in [0.5, 0.6) is 0 Å². The zero-order valence-electron chi connectivity index (χ0n) is 18.9. The summed E-state index contributed by atoms with van der Waals surface area (Å²) >= 11 is 6.63. The van der Waals surface area contributed by atoms with E-state index in [0.29, 0.717) is 31.0 Å². The molecule has 194 valence electrons. The van der Waals surface area contributed by atoms with Crippen LogP contribution in [0.2, 0.25) is 0 Å². The second kappa shape index (κ2) is 11.5. The van der Waals surface area contributed by atoms with Gasteiger partial charge in [-0.2, -0.15) is 0 Å². The van der Waals surface area contributed by atoms with E-state index >= 15 is 0 Å². The standard InChI is InChI=1S/C19H22N6O6S5/c1-9(26)31-2-3-32-17-23-24-18(36-17)35-8-19(15(29)30)6-25-13(28)12(14(25)34-7-19)22-11(27)4-10-5-33-16(20)21-10/h5,12,14H,2-4,6-8H2,1H3,(H2,20,21)(H,22,27)(H,29,30)/t12?,14-,19?/m1/s1. The van der Waals surface area contributed by atoms with Crippen LogP contribution in [0.4, 0.5) is 5.13 Å². The lowest BCUT2D eigenvalue weighted by Gasteiger charge is -2.53. The van der Waals surface area contributed by atoms with Crippen LogP contribution in [0.15, 0.2) is 14.1 Å². The van der Waals surface area contributed by atoms with E-state index in [0.717, 1.165) is 0 Å². The number of thioether (sulfide) groups is 3. The van der Waals surface area contributed by atoms with Gasteiger partial charge in [0.25, 0.3) is 0 Å². The highest BCUT2D eigenvalue weighted by Crippen LogP contribution is 2.45. The minimum atomic E-state index is -1.15. The number of carboxylic acids is 1. The number of hydrogen-bond donors (Lipinski definition) is 3. The summed E-state index contributed by atoms with van der Waals surface area (Å²) in [5, 5.41) is 22.7. The number of esters is 1. The van der Waals surface area contributed by atoms with Gasteiger partial charge in [0.2, 0.25) is 11.8 Å². The molecule has 0 radical (unpaired) electrons. The molecule has 2 aliphatic rings. The number of nitrogens with two attached hydrogens (primary N) is 1. The largest absolute Gasteiger partial charge is 0.481 e. The van der Waals surface area contributed by atoms with Crippen LogP contribution in [-0.4, -0.2) is 90.8 Å². The summed E-state index contributed by atoms with van der Waals surface area (Å²) in [6.45, 7) is 1.68. The number of aromatic nitrogens is 3. The van der Waals surface area contributed by atoms with Gasteiger partial charge in [-0.15, -0.1) is 33.3 Å². The van der Waals surface area contributed by atoms with Gasteiger partial charge in [0, 0.05) is 36.1 Å². The van der Waals surface area contributed by atoms with Gasteiger partial charge in [-0.3, -0.25) is 19.2 Å². The van der Waals surface area contributed by atoms with Crippen molar-refractivity contribution in [1.82, 2.24) is 25.4 Å². The van der Waals surface area contributed by atoms with E-state index in [1.807, 2.05) is 0 Å². The number of ether oxygens (including phenoxy) is 1. The quantitative estimate of drug-likeness (QED) is 0.146. The van der Waals surface area contributed by atoms with E-state index in [1.165, 1.54) is 69.8 Å². The SMILES string of the molecule is CC(=O)OCCSc1nnc(SCC2(C(=O)O)CS[C@@H]3C(NC(=O)Cc4csc(N)n4)C(=O)N3C2)s1. The van der Waals surface area contributed by atoms with E-state index < -0.39 is 17.4 Å². The van der Waals surface area contributed by atoms with Crippen molar-refractivity contribution in [1.29, 1.82) is 0 Å². The summed E-state index contributed by atoms with van der Waals surface area (Å²) in [4.78, 5) is 53.8. The van der Waals surface area contributed by atoms with Crippen LogP contribution in [0.3, 0.4) is 0 Å². The van der Waals surface area contributed by atoms with Crippen LogP contribution in [0.25, 0.3) is 0 Å². The molecular weight excluding hydrogens is 569 g/mol. The Labute approximate surface area is 226 Å². The molecule has 2 aliphatic heterocycles. The molecule has 0 bridgehead atoms. The number of carbonyl (C=O) groups is 4. The van der Waals surface area contributed by atoms with Crippen molar-refractivity contribution in [3.63, 3.8) is 0 Å². The predicted octanol–water partition coefficient (Wildman–Crippen LogP) is 1.04. The van der Waals surface area contributed by atoms with Crippen molar-refractivity contribution in [2.24, 2.45) is 5.41 Å². The molecule has 4 N–H and O–H groups in total. The molecule has 2 unspecified atom stereocenters. The number of β-lactam (4-membered cyclic amide) rings is 1.